The van der Waals surface area contributed by atoms with Crippen LogP contribution in [-0.2, 0) is 4.79 Å². The Kier molecular flexibility index (Phi) is 10.3. The zero-order valence-corrected chi connectivity index (χ0v) is 16.3. The van der Waals surface area contributed by atoms with Crippen LogP contribution in [0.3, 0.4) is 0 Å². The summed E-state index contributed by atoms with van der Waals surface area (Å²) < 4.78 is 0. The molecular formula is C19H32N6O3. The second kappa shape index (κ2) is 13.1. The van der Waals surface area contributed by atoms with E-state index in [1.165, 1.54) is 12.1 Å². The van der Waals surface area contributed by atoms with E-state index in [1.54, 1.807) is 12.1 Å². The molecule has 28 heavy (non-hydrogen) atoms. The SMILES string of the molecule is O=C(CN1CCNCCNCCNCC1)NCCNC(=O)c1ccc(O)cc1. The van der Waals surface area contributed by atoms with Gasteiger partial charge in [-0.1, -0.05) is 0 Å². The molecule has 156 valence electrons. The topological polar surface area (TPSA) is 118 Å². The number of nitrogens with zero attached hydrogens (tertiary/aromatic N) is 1. The summed E-state index contributed by atoms with van der Waals surface area (Å²) in [6.45, 7) is 8.10. The van der Waals surface area contributed by atoms with Crippen LogP contribution in [0.2, 0.25) is 0 Å². The van der Waals surface area contributed by atoms with E-state index < -0.39 is 0 Å². The van der Waals surface area contributed by atoms with Gasteiger partial charge in [0.05, 0.1) is 6.54 Å². The molecule has 9 heteroatoms. The van der Waals surface area contributed by atoms with Crippen LogP contribution in [0.5, 0.6) is 5.75 Å². The number of rotatable bonds is 6. The minimum Gasteiger partial charge on any atom is -0.508 e. The molecule has 1 aliphatic rings. The van der Waals surface area contributed by atoms with Crippen molar-refractivity contribution < 1.29 is 14.7 Å². The molecule has 0 aliphatic carbocycles. The Labute approximate surface area is 166 Å². The van der Waals surface area contributed by atoms with E-state index >= 15 is 0 Å². The zero-order chi connectivity index (χ0) is 20.0. The van der Waals surface area contributed by atoms with E-state index in [4.69, 9.17) is 0 Å². The molecule has 1 heterocycles. The third-order valence-electron chi connectivity index (χ3n) is 4.40. The van der Waals surface area contributed by atoms with Crippen molar-refractivity contribution in [1.82, 2.24) is 31.5 Å². The van der Waals surface area contributed by atoms with Crippen LogP contribution in [0.15, 0.2) is 24.3 Å². The van der Waals surface area contributed by atoms with E-state index in [2.05, 4.69) is 31.5 Å². The lowest BCUT2D eigenvalue weighted by Gasteiger charge is -2.23. The van der Waals surface area contributed by atoms with E-state index in [9.17, 15) is 14.7 Å². The van der Waals surface area contributed by atoms with E-state index in [0.29, 0.717) is 25.2 Å². The maximum Gasteiger partial charge on any atom is 0.251 e. The number of phenols is 1. The smallest absolute Gasteiger partial charge is 0.251 e. The first-order valence-electron chi connectivity index (χ1n) is 9.83. The van der Waals surface area contributed by atoms with Crippen LogP contribution < -0.4 is 26.6 Å². The van der Waals surface area contributed by atoms with Crippen molar-refractivity contribution in [2.45, 2.75) is 0 Å². The van der Waals surface area contributed by atoms with Gasteiger partial charge in [-0.2, -0.15) is 0 Å². The number of amides is 2. The minimum atomic E-state index is -0.232. The van der Waals surface area contributed by atoms with Crippen molar-refractivity contribution in [3.05, 3.63) is 29.8 Å². The average Bonchev–Trinajstić information content (AvgIpc) is 2.68. The van der Waals surface area contributed by atoms with Crippen LogP contribution >= 0.6 is 0 Å². The summed E-state index contributed by atoms with van der Waals surface area (Å²) in [5.74, 6) is -0.163. The van der Waals surface area contributed by atoms with Crippen molar-refractivity contribution in [1.29, 1.82) is 0 Å². The third-order valence-corrected chi connectivity index (χ3v) is 4.40. The summed E-state index contributed by atoms with van der Waals surface area (Å²) in [7, 11) is 0. The standard InChI is InChI=1S/C19H32N6O3/c26-17-3-1-16(2-4-17)19(28)24-10-9-23-18(27)15-25-13-11-21-7-5-20-6-8-22-12-14-25/h1-4,20-22,26H,5-15H2,(H,23,27)(H,24,28). The molecule has 1 fully saturated rings. The van der Waals surface area contributed by atoms with Gasteiger partial charge in [0.25, 0.3) is 5.91 Å². The van der Waals surface area contributed by atoms with Crippen LogP contribution in [-0.4, -0.2) is 93.8 Å². The third kappa shape index (κ3) is 9.14. The van der Waals surface area contributed by atoms with Gasteiger partial charge in [-0.3, -0.25) is 14.5 Å². The maximum atomic E-state index is 12.2. The van der Waals surface area contributed by atoms with E-state index in [1.807, 2.05) is 0 Å². The molecule has 1 aromatic rings. The Balaban J connectivity index is 1.64. The Morgan fingerprint density at radius 3 is 2.00 bits per heavy atom. The van der Waals surface area contributed by atoms with Crippen LogP contribution in [0, 0.1) is 0 Å². The molecule has 0 bridgehead atoms. The summed E-state index contributed by atoms with van der Waals surface area (Å²) in [5.41, 5.74) is 0.471. The Hall–Kier alpha value is -2.20. The van der Waals surface area contributed by atoms with Crippen LogP contribution in [0.25, 0.3) is 0 Å². The van der Waals surface area contributed by atoms with Gasteiger partial charge in [0.2, 0.25) is 5.91 Å². The van der Waals surface area contributed by atoms with E-state index in [-0.39, 0.29) is 17.6 Å². The van der Waals surface area contributed by atoms with Gasteiger partial charge in [0.1, 0.15) is 5.75 Å². The molecule has 0 aromatic heterocycles. The van der Waals surface area contributed by atoms with Crippen molar-refractivity contribution in [3.63, 3.8) is 0 Å². The largest absolute Gasteiger partial charge is 0.508 e. The second-order valence-electron chi connectivity index (χ2n) is 6.68. The maximum absolute atomic E-state index is 12.2. The lowest BCUT2D eigenvalue weighted by molar-refractivity contribution is -0.122. The predicted octanol–water partition coefficient (Wildman–Crippen LogP) is -1.68. The molecule has 0 atom stereocenters. The van der Waals surface area contributed by atoms with Crippen molar-refractivity contribution in [3.8, 4) is 5.75 Å². The summed E-state index contributed by atoms with van der Waals surface area (Å²) in [6.07, 6.45) is 0. The summed E-state index contributed by atoms with van der Waals surface area (Å²) in [4.78, 5) is 26.3. The number of phenolic OH excluding ortho intramolecular Hbond substituents is 1. The number of aromatic hydroxyl groups is 1. The zero-order valence-electron chi connectivity index (χ0n) is 16.3. The Morgan fingerprint density at radius 2 is 1.39 bits per heavy atom. The predicted molar refractivity (Wildman–Crippen MR) is 108 cm³/mol. The molecule has 1 saturated heterocycles. The van der Waals surface area contributed by atoms with Crippen LogP contribution in [0.4, 0.5) is 0 Å². The molecule has 0 unspecified atom stereocenters. The molecule has 2 amide bonds. The summed E-state index contributed by atoms with van der Waals surface area (Å²) in [6, 6.07) is 6.04. The highest BCUT2D eigenvalue weighted by Gasteiger charge is 2.11. The van der Waals surface area contributed by atoms with Crippen molar-refractivity contribution in [2.75, 3.05) is 72.0 Å². The number of carbonyl (C=O) groups is 2. The first-order valence-corrected chi connectivity index (χ1v) is 9.83. The monoisotopic (exact) mass is 392 g/mol. The Bertz CT molecular complexity index is 584. The number of benzene rings is 1. The average molecular weight is 393 g/mol. The fraction of sp³-hybridized carbons (Fsp3) is 0.579. The highest BCUT2D eigenvalue weighted by atomic mass is 16.3. The Morgan fingerprint density at radius 1 is 0.857 bits per heavy atom. The van der Waals surface area contributed by atoms with Crippen LogP contribution in [0.1, 0.15) is 10.4 Å². The summed E-state index contributed by atoms with van der Waals surface area (Å²) >= 11 is 0. The number of nitrogens with one attached hydrogen (secondary N) is 5. The molecule has 1 aliphatic heterocycles. The van der Waals surface area contributed by atoms with E-state index in [0.717, 1.165) is 52.4 Å². The normalized spacial score (nSPS) is 17.1. The molecule has 9 nitrogen and oxygen atoms in total. The first-order chi connectivity index (χ1) is 13.6. The molecular weight excluding hydrogens is 360 g/mol. The van der Waals surface area contributed by atoms with Gasteiger partial charge in [0, 0.05) is 71.0 Å². The van der Waals surface area contributed by atoms with Crippen molar-refractivity contribution >= 4 is 11.8 Å². The van der Waals surface area contributed by atoms with Crippen molar-refractivity contribution in [2.24, 2.45) is 0 Å². The molecule has 2 rings (SSSR count). The number of hydrogen-bond acceptors (Lipinski definition) is 7. The first kappa shape index (κ1) is 22.1. The quantitative estimate of drug-likeness (QED) is 0.320. The molecule has 0 radical (unpaired) electrons. The minimum absolute atomic E-state index is 0.0485. The van der Waals surface area contributed by atoms with Gasteiger partial charge in [-0.25, -0.2) is 0 Å². The molecule has 0 saturated carbocycles. The molecule has 6 N–H and O–H groups in total. The number of hydrogen-bond donors (Lipinski definition) is 6. The van der Waals surface area contributed by atoms with Gasteiger partial charge < -0.3 is 31.7 Å². The summed E-state index contributed by atoms with van der Waals surface area (Å²) in [5, 5.41) is 24.9. The lowest BCUT2D eigenvalue weighted by atomic mass is 10.2. The lowest BCUT2D eigenvalue weighted by Crippen LogP contribution is -2.46. The second-order valence-corrected chi connectivity index (χ2v) is 6.68. The van der Waals surface area contributed by atoms with Gasteiger partial charge >= 0.3 is 0 Å². The fourth-order valence-electron chi connectivity index (χ4n) is 2.82. The highest BCUT2D eigenvalue weighted by molar-refractivity contribution is 5.94. The fourth-order valence-corrected chi connectivity index (χ4v) is 2.82. The number of carbonyl (C=O) groups excluding carboxylic acids is 2. The van der Waals surface area contributed by atoms with Gasteiger partial charge in [-0.15, -0.1) is 0 Å². The molecule has 0 spiro atoms. The van der Waals surface area contributed by atoms with Gasteiger partial charge in [-0.05, 0) is 24.3 Å². The molecule has 1 aromatic carbocycles. The highest BCUT2D eigenvalue weighted by Crippen LogP contribution is 2.09. The van der Waals surface area contributed by atoms with Gasteiger partial charge in [0.15, 0.2) is 0 Å².